The van der Waals surface area contributed by atoms with Crippen molar-refractivity contribution in [3.63, 3.8) is 0 Å². The highest BCUT2D eigenvalue weighted by Gasteiger charge is 2.14. The van der Waals surface area contributed by atoms with E-state index in [-0.39, 0.29) is 18.1 Å². The maximum atomic E-state index is 11.8. The van der Waals surface area contributed by atoms with Crippen LogP contribution < -0.4 is 11.1 Å². The Bertz CT molecular complexity index is 558. The average molecular weight is 249 g/mol. The van der Waals surface area contributed by atoms with E-state index in [0.717, 1.165) is 0 Å². The van der Waals surface area contributed by atoms with Crippen molar-refractivity contribution in [3.8, 4) is 0 Å². The molecule has 0 radical (unpaired) electrons. The van der Waals surface area contributed by atoms with Gasteiger partial charge in [0.2, 0.25) is 0 Å². The van der Waals surface area contributed by atoms with Crippen molar-refractivity contribution >= 4 is 11.6 Å². The lowest BCUT2D eigenvalue weighted by Crippen LogP contribution is -2.24. The van der Waals surface area contributed by atoms with E-state index in [1.807, 2.05) is 6.92 Å². The highest BCUT2D eigenvalue weighted by atomic mass is 16.5. The van der Waals surface area contributed by atoms with E-state index >= 15 is 0 Å². The maximum absolute atomic E-state index is 11.8. The first-order valence-corrected chi connectivity index (χ1v) is 5.63. The number of nitrogen functional groups attached to an aromatic ring is 1. The zero-order valence-electron chi connectivity index (χ0n) is 10.3. The molecule has 0 fully saturated rings. The molecule has 0 aliphatic rings. The van der Waals surface area contributed by atoms with Crippen LogP contribution >= 0.6 is 0 Å². The van der Waals surface area contributed by atoms with Crippen LogP contribution in [0, 0.1) is 6.92 Å². The molecule has 3 N–H and O–H groups in total. The lowest BCUT2D eigenvalue weighted by atomic mass is 10.3. The summed E-state index contributed by atoms with van der Waals surface area (Å²) in [5.74, 6) is 0.384. The molecule has 2 aromatic rings. The van der Waals surface area contributed by atoms with Crippen molar-refractivity contribution < 1.29 is 9.32 Å². The van der Waals surface area contributed by atoms with Crippen LogP contribution in [0.1, 0.15) is 28.9 Å². The predicted octanol–water partition coefficient (Wildman–Crippen LogP) is 0.712. The predicted molar refractivity (Wildman–Crippen MR) is 64.7 cm³/mol. The average Bonchev–Trinajstić information content (AvgIpc) is 2.92. The Morgan fingerprint density at radius 3 is 2.94 bits per heavy atom. The third-order valence-corrected chi connectivity index (χ3v) is 2.44. The fraction of sp³-hybridized carbons (Fsp3) is 0.364. The first-order valence-electron chi connectivity index (χ1n) is 5.63. The number of hydrogen-bond donors (Lipinski definition) is 2. The molecule has 18 heavy (non-hydrogen) atoms. The Hall–Kier alpha value is -2.31. The molecule has 2 heterocycles. The van der Waals surface area contributed by atoms with Crippen LogP contribution in [0.2, 0.25) is 0 Å². The minimum atomic E-state index is -0.319. The molecule has 7 nitrogen and oxygen atoms in total. The SMILES string of the molecule is CCn1cc(N)c(C(=O)NCc2cc(C)on2)n1. The number of hydrogen-bond acceptors (Lipinski definition) is 5. The van der Waals surface area contributed by atoms with Crippen molar-refractivity contribution in [2.24, 2.45) is 0 Å². The van der Waals surface area contributed by atoms with Gasteiger partial charge in [-0.1, -0.05) is 5.16 Å². The molecule has 0 bridgehead atoms. The molecule has 0 atom stereocenters. The lowest BCUT2D eigenvalue weighted by molar-refractivity contribution is 0.0945. The highest BCUT2D eigenvalue weighted by molar-refractivity contribution is 5.96. The molecule has 7 heteroatoms. The van der Waals surface area contributed by atoms with Crippen molar-refractivity contribution in [1.82, 2.24) is 20.3 Å². The van der Waals surface area contributed by atoms with Gasteiger partial charge in [-0.15, -0.1) is 0 Å². The van der Waals surface area contributed by atoms with Crippen LogP contribution in [0.4, 0.5) is 5.69 Å². The molecule has 0 saturated carbocycles. The summed E-state index contributed by atoms with van der Waals surface area (Å²) in [6, 6.07) is 1.76. The summed E-state index contributed by atoms with van der Waals surface area (Å²) in [5, 5.41) is 10.5. The Balaban J connectivity index is 2.01. The summed E-state index contributed by atoms with van der Waals surface area (Å²) in [4.78, 5) is 11.8. The molecular formula is C11H15N5O2. The molecular weight excluding hydrogens is 234 g/mol. The Morgan fingerprint density at radius 1 is 1.61 bits per heavy atom. The summed E-state index contributed by atoms with van der Waals surface area (Å²) < 4.78 is 6.52. The Morgan fingerprint density at radius 2 is 2.39 bits per heavy atom. The Labute approximate surface area is 104 Å². The molecule has 0 aliphatic heterocycles. The van der Waals surface area contributed by atoms with Crippen LogP contribution in [0.15, 0.2) is 16.8 Å². The van der Waals surface area contributed by atoms with Gasteiger partial charge in [-0.3, -0.25) is 9.48 Å². The number of rotatable bonds is 4. The van der Waals surface area contributed by atoms with Gasteiger partial charge in [0.15, 0.2) is 5.69 Å². The van der Waals surface area contributed by atoms with Gasteiger partial charge in [-0.05, 0) is 13.8 Å². The molecule has 0 unspecified atom stereocenters. The number of carbonyl (C=O) groups excluding carboxylic acids is 1. The van der Waals surface area contributed by atoms with Gasteiger partial charge in [-0.25, -0.2) is 0 Å². The molecule has 2 rings (SSSR count). The topological polar surface area (TPSA) is 99.0 Å². The number of anilines is 1. The van der Waals surface area contributed by atoms with Gasteiger partial charge in [0.25, 0.3) is 5.91 Å². The number of aromatic nitrogens is 3. The second-order valence-corrected chi connectivity index (χ2v) is 3.90. The van der Waals surface area contributed by atoms with E-state index in [4.69, 9.17) is 10.3 Å². The molecule has 0 saturated heterocycles. The van der Waals surface area contributed by atoms with Crippen LogP contribution in [-0.4, -0.2) is 20.8 Å². The lowest BCUT2D eigenvalue weighted by Gasteiger charge is -2.00. The van der Waals surface area contributed by atoms with E-state index in [1.54, 1.807) is 23.9 Å². The fourth-order valence-electron chi connectivity index (χ4n) is 1.53. The van der Waals surface area contributed by atoms with E-state index in [2.05, 4.69) is 15.6 Å². The molecule has 1 amide bonds. The van der Waals surface area contributed by atoms with Crippen molar-refractivity contribution in [2.45, 2.75) is 26.9 Å². The first kappa shape index (κ1) is 12.2. The summed E-state index contributed by atoms with van der Waals surface area (Å²) in [6.07, 6.45) is 1.63. The van der Waals surface area contributed by atoms with E-state index in [0.29, 0.717) is 23.7 Å². The molecule has 2 aromatic heterocycles. The summed E-state index contributed by atoms with van der Waals surface area (Å²) in [7, 11) is 0. The number of nitrogens with zero attached hydrogens (tertiary/aromatic N) is 3. The molecule has 96 valence electrons. The largest absolute Gasteiger partial charge is 0.396 e. The van der Waals surface area contributed by atoms with Crippen molar-refractivity contribution in [2.75, 3.05) is 5.73 Å². The number of nitrogens with two attached hydrogens (primary N) is 1. The first-order chi connectivity index (χ1) is 8.60. The highest BCUT2D eigenvalue weighted by Crippen LogP contribution is 2.09. The fourth-order valence-corrected chi connectivity index (χ4v) is 1.53. The van der Waals surface area contributed by atoms with E-state index in [1.165, 1.54) is 0 Å². The maximum Gasteiger partial charge on any atom is 0.274 e. The second kappa shape index (κ2) is 4.91. The van der Waals surface area contributed by atoms with Crippen LogP contribution in [0.5, 0.6) is 0 Å². The third-order valence-electron chi connectivity index (χ3n) is 2.44. The molecule has 0 aliphatic carbocycles. The van der Waals surface area contributed by atoms with Crippen LogP contribution in [0.25, 0.3) is 0 Å². The quantitative estimate of drug-likeness (QED) is 0.831. The van der Waals surface area contributed by atoms with Crippen molar-refractivity contribution in [1.29, 1.82) is 0 Å². The van der Waals surface area contributed by atoms with Gasteiger partial charge in [0.05, 0.1) is 12.2 Å². The number of nitrogens with one attached hydrogen (secondary N) is 1. The number of amides is 1. The summed E-state index contributed by atoms with van der Waals surface area (Å²) >= 11 is 0. The smallest absolute Gasteiger partial charge is 0.274 e. The second-order valence-electron chi connectivity index (χ2n) is 3.90. The third kappa shape index (κ3) is 2.50. The minimum absolute atomic E-state index is 0.233. The molecule has 0 aromatic carbocycles. The van der Waals surface area contributed by atoms with Gasteiger partial charge in [0, 0.05) is 18.8 Å². The van der Waals surface area contributed by atoms with Crippen LogP contribution in [0.3, 0.4) is 0 Å². The minimum Gasteiger partial charge on any atom is -0.396 e. The van der Waals surface area contributed by atoms with E-state index in [9.17, 15) is 4.79 Å². The Kier molecular flexibility index (Phi) is 3.31. The number of aryl methyl sites for hydroxylation is 2. The zero-order valence-corrected chi connectivity index (χ0v) is 10.3. The van der Waals surface area contributed by atoms with Gasteiger partial charge in [0.1, 0.15) is 11.5 Å². The van der Waals surface area contributed by atoms with Crippen LogP contribution in [-0.2, 0) is 13.1 Å². The normalized spacial score (nSPS) is 10.6. The standard InChI is InChI=1S/C11H15N5O2/c1-3-16-6-9(12)10(14-16)11(17)13-5-8-4-7(2)18-15-8/h4,6H,3,5,12H2,1-2H3,(H,13,17). The van der Waals surface area contributed by atoms with Gasteiger partial charge < -0.3 is 15.6 Å². The zero-order chi connectivity index (χ0) is 13.1. The van der Waals surface area contributed by atoms with Gasteiger partial charge >= 0.3 is 0 Å². The summed E-state index contributed by atoms with van der Waals surface area (Å²) in [5.41, 5.74) is 6.97. The van der Waals surface area contributed by atoms with Gasteiger partial charge in [-0.2, -0.15) is 5.10 Å². The number of carbonyl (C=O) groups is 1. The van der Waals surface area contributed by atoms with E-state index < -0.39 is 0 Å². The molecule has 0 spiro atoms. The summed E-state index contributed by atoms with van der Waals surface area (Å²) in [6.45, 7) is 4.67. The van der Waals surface area contributed by atoms with Crippen molar-refractivity contribution in [3.05, 3.63) is 29.4 Å². The monoisotopic (exact) mass is 249 g/mol.